The van der Waals surface area contributed by atoms with Crippen LogP contribution in [0.3, 0.4) is 0 Å². The van der Waals surface area contributed by atoms with Crippen LogP contribution in [0.4, 0.5) is 5.69 Å². The largest absolute Gasteiger partial charge is 0.465 e. The van der Waals surface area contributed by atoms with Crippen LogP contribution >= 0.6 is 12.6 Å². The fourth-order valence-electron chi connectivity index (χ4n) is 1.66. The highest BCUT2D eigenvalue weighted by Crippen LogP contribution is 2.14. The molecule has 2 rings (SSSR count). The maximum absolute atomic E-state index is 12.0. The van der Waals surface area contributed by atoms with Crippen LogP contribution in [0.2, 0.25) is 0 Å². The van der Waals surface area contributed by atoms with E-state index >= 15 is 0 Å². The summed E-state index contributed by atoms with van der Waals surface area (Å²) in [5.41, 5.74) is 1.44. The quantitative estimate of drug-likeness (QED) is 0.674. The molecular formula is C15H13NO3S. The monoisotopic (exact) mass is 287 g/mol. The van der Waals surface area contributed by atoms with Crippen LogP contribution in [-0.4, -0.2) is 19.0 Å². The van der Waals surface area contributed by atoms with E-state index in [-0.39, 0.29) is 5.91 Å². The van der Waals surface area contributed by atoms with E-state index in [1.54, 1.807) is 48.5 Å². The van der Waals surface area contributed by atoms with Crippen molar-refractivity contribution in [2.45, 2.75) is 4.90 Å². The third-order valence-electron chi connectivity index (χ3n) is 2.67. The van der Waals surface area contributed by atoms with Gasteiger partial charge in [0.1, 0.15) is 0 Å². The molecule has 0 aliphatic heterocycles. The first-order chi connectivity index (χ1) is 9.60. The summed E-state index contributed by atoms with van der Waals surface area (Å²) in [5.74, 6) is -0.694. The highest BCUT2D eigenvalue weighted by atomic mass is 32.1. The van der Waals surface area contributed by atoms with Gasteiger partial charge in [-0.05, 0) is 42.5 Å². The van der Waals surface area contributed by atoms with Crippen molar-refractivity contribution in [2.75, 3.05) is 12.4 Å². The van der Waals surface area contributed by atoms with Crippen LogP contribution in [-0.2, 0) is 4.74 Å². The van der Waals surface area contributed by atoms with Gasteiger partial charge >= 0.3 is 5.97 Å². The summed E-state index contributed by atoms with van der Waals surface area (Å²) in [7, 11) is 1.31. The van der Waals surface area contributed by atoms with Gasteiger partial charge in [0.15, 0.2) is 0 Å². The van der Waals surface area contributed by atoms with Crippen molar-refractivity contribution in [3.8, 4) is 0 Å². The molecule has 0 spiro atoms. The molecule has 102 valence electrons. The Kier molecular flexibility index (Phi) is 4.42. The molecule has 2 aromatic carbocycles. The average molecular weight is 287 g/mol. The number of nitrogens with one attached hydrogen (secondary N) is 1. The summed E-state index contributed by atoms with van der Waals surface area (Å²) in [4.78, 5) is 24.2. The van der Waals surface area contributed by atoms with E-state index in [9.17, 15) is 9.59 Å². The van der Waals surface area contributed by atoms with Crippen molar-refractivity contribution < 1.29 is 14.3 Å². The minimum atomic E-state index is -0.444. The van der Waals surface area contributed by atoms with Gasteiger partial charge in [-0.15, -0.1) is 12.6 Å². The standard InChI is InChI=1S/C15H13NO3S/c1-19-15(18)11-3-2-4-12(9-11)16-14(17)10-5-7-13(20)8-6-10/h2-9,20H,1H3,(H,16,17). The summed E-state index contributed by atoms with van der Waals surface area (Å²) in [6.07, 6.45) is 0. The van der Waals surface area contributed by atoms with E-state index in [1.807, 2.05) is 0 Å². The Labute approximate surface area is 122 Å². The lowest BCUT2D eigenvalue weighted by molar-refractivity contribution is 0.0600. The number of rotatable bonds is 3. The maximum Gasteiger partial charge on any atom is 0.337 e. The molecule has 20 heavy (non-hydrogen) atoms. The molecular weight excluding hydrogens is 274 g/mol. The van der Waals surface area contributed by atoms with Crippen molar-refractivity contribution in [3.63, 3.8) is 0 Å². The summed E-state index contributed by atoms with van der Waals surface area (Å²) >= 11 is 4.16. The van der Waals surface area contributed by atoms with E-state index in [0.29, 0.717) is 16.8 Å². The van der Waals surface area contributed by atoms with Gasteiger partial charge in [-0.3, -0.25) is 4.79 Å². The molecule has 0 aliphatic rings. The summed E-state index contributed by atoms with van der Waals surface area (Å²) in [5, 5.41) is 2.73. The number of carbonyl (C=O) groups is 2. The number of hydrogen-bond acceptors (Lipinski definition) is 4. The topological polar surface area (TPSA) is 55.4 Å². The van der Waals surface area contributed by atoms with Crippen LogP contribution in [0.5, 0.6) is 0 Å². The molecule has 1 amide bonds. The van der Waals surface area contributed by atoms with E-state index < -0.39 is 5.97 Å². The van der Waals surface area contributed by atoms with Crippen LogP contribution < -0.4 is 5.32 Å². The van der Waals surface area contributed by atoms with Crippen LogP contribution in [0.25, 0.3) is 0 Å². The lowest BCUT2D eigenvalue weighted by atomic mass is 10.1. The van der Waals surface area contributed by atoms with Gasteiger partial charge in [-0.1, -0.05) is 6.07 Å². The number of thiol groups is 1. The Bertz CT molecular complexity index is 638. The summed E-state index contributed by atoms with van der Waals surface area (Å²) in [6.45, 7) is 0. The maximum atomic E-state index is 12.0. The molecule has 0 heterocycles. The lowest BCUT2D eigenvalue weighted by Gasteiger charge is -2.07. The van der Waals surface area contributed by atoms with Gasteiger partial charge in [-0.2, -0.15) is 0 Å². The zero-order chi connectivity index (χ0) is 14.5. The second kappa shape index (κ2) is 6.25. The van der Waals surface area contributed by atoms with Crippen molar-refractivity contribution >= 4 is 30.2 Å². The number of hydrogen-bond donors (Lipinski definition) is 2. The zero-order valence-electron chi connectivity index (χ0n) is 10.8. The van der Waals surface area contributed by atoms with E-state index in [4.69, 9.17) is 0 Å². The van der Waals surface area contributed by atoms with Crippen molar-refractivity contribution in [1.82, 2.24) is 0 Å². The average Bonchev–Trinajstić information content (AvgIpc) is 2.47. The number of esters is 1. The minimum Gasteiger partial charge on any atom is -0.465 e. The zero-order valence-corrected chi connectivity index (χ0v) is 11.7. The van der Waals surface area contributed by atoms with Gasteiger partial charge in [0.25, 0.3) is 5.91 Å². The molecule has 0 bridgehead atoms. The fourth-order valence-corrected chi connectivity index (χ4v) is 1.81. The summed E-state index contributed by atoms with van der Waals surface area (Å²) in [6, 6.07) is 13.4. The molecule has 0 unspecified atom stereocenters. The third kappa shape index (κ3) is 3.39. The minimum absolute atomic E-state index is 0.250. The van der Waals surface area contributed by atoms with E-state index in [2.05, 4.69) is 22.7 Å². The Hall–Kier alpha value is -2.27. The molecule has 0 saturated carbocycles. The van der Waals surface area contributed by atoms with Gasteiger partial charge in [-0.25, -0.2) is 4.79 Å². The van der Waals surface area contributed by atoms with Crippen molar-refractivity contribution in [1.29, 1.82) is 0 Å². The Morgan fingerprint density at radius 3 is 2.40 bits per heavy atom. The molecule has 2 aromatic rings. The Morgan fingerprint density at radius 2 is 1.75 bits per heavy atom. The Balaban J connectivity index is 2.15. The van der Waals surface area contributed by atoms with Gasteiger partial charge in [0.2, 0.25) is 0 Å². The number of carbonyl (C=O) groups excluding carboxylic acids is 2. The number of benzene rings is 2. The first kappa shape index (κ1) is 14.1. The number of ether oxygens (including phenoxy) is 1. The molecule has 5 heteroatoms. The normalized spacial score (nSPS) is 9.90. The second-order valence-electron chi connectivity index (χ2n) is 4.07. The SMILES string of the molecule is COC(=O)c1cccc(NC(=O)c2ccc(S)cc2)c1. The summed E-state index contributed by atoms with van der Waals surface area (Å²) < 4.78 is 4.63. The van der Waals surface area contributed by atoms with Gasteiger partial charge < -0.3 is 10.1 Å². The molecule has 0 fully saturated rings. The molecule has 1 N–H and O–H groups in total. The van der Waals surface area contributed by atoms with Crippen molar-refractivity contribution in [3.05, 3.63) is 59.7 Å². The van der Waals surface area contributed by atoms with Crippen LogP contribution in [0.1, 0.15) is 20.7 Å². The molecule has 0 aliphatic carbocycles. The predicted molar refractivity (Wildman–Crippen MR) is 79.4 cm³/mol. The van der Waals surface area contributed by atoms with Crippen LogP contribution in [0.15, 0.2) is 53.4 Å². The molecule has 0 atom stereocenters. The lowest BCUT2D eigenvalue weighted by Crippen LogP contribution is -2.12. The molecule has 0 aromatic heterocycles. The van der Waals surface area contributed by atoms with Gasteiger partial charge in [0, 0.05) is 16.1 Å². The number of methoxy groups -OCH3 is 1. The first-order valence-corrected chi connectivity index (χ1v) is 6.33. The van der Waals surface area contributed by atoms with Gasteiger partial charge in [0.05, 0.1) is 12.7 Å². The fraction of sp³-hybridized carbons (Fsp3) is 0.0667. The molecule has 0 radical (unpaired) electrons. The highest BCUT2D eigenvalue weighted by molar-refractivity contribution is 7.80. The smallest absolute Gasteiger partial charge is 0.337 e. The predicted octanol–water partition coefficient (Wildman–Crippen LogP) is 3.01. The third-order valence-corrected chi connectivity index (χ3v) is 2.97. The molecule has 0 saturated heterocycles. The number of anilines is 1. The highest BCUT2D eigenvalue weighted by Gasteiger charge is 2.09. The first-order valence-electron chi connectivity index (χ1n) is 5.89. The van der Waals surface area contributed by atoms with E-state index in [1.165, 1.54) is 7.11 Å². The number of amides is 1. The van der Waals surface area contributed by atoms with Crippen LogP contribution in [0, 0.1) is 0 Å². The Morgan fingerprint density at radius 1 is 1.05 bits per heavy atom. The molecule has 4 nitrogen and oxygen atoms in total. The van der Waals surface area contributed by atoms with Crippen molar-refractivity contribution in [2.24, 2.45) is 0 Å². The van der Waals surface area contributed by atoms with E-state index in [0.717, 1.165) is 4.90 Å². The second-order valence-corrected chi connectivity index (χ2v) is 4.59.